The molecule has 1 aliphatic rings. The predicted octanol–water partition coefficient (Wildman–Crippen LogP) is 3.36. The average Bonchev–Trinajstić information content (AvgIpc) is 2.90. The summed E-state index contributed by atoms with van der Waals surface area (Å²) in [5.41, 5.74) is 0.00918. The summed E-state index contributed by atoms with van der Waals surface area (Å²) in [6.07, 6.45) is 2.14. The number of halogens is 2. The SMILES string of the molecule is CC1CCC(CCC(=O)NC(C)C(O)c2c(F)cccc2Cl)O1. The van der Waals surface area contributed by atoms with Gasteiger partial charge in [0.25, 0.3) is 0 Å². The molecule has 0 saturated carbocycles. The fourth-order valence-corrected chi connectivity index (χ4v) is 3.11. The van der Waals surface area contributed by atoms with Crippen LogP contribution in [0.3, 0.4) is 0 Å². The Bertz CT molecular complexity index is 534. The summed E-state index contributed by atoms with van der Waals surface area (Å²) in [4.78, 5) is 12.0. The Morgan fingerprint density at radius 2 is 2.26 bits per heavy atom. The third-order valence-corrected chi connectivity index (χ3v) is 4.50. The van der Waals surface area contributed by atoms with Gasteiger partial charge in [-0.25, -0.2) is 4.39 Å². The van der Waals surface area contributed by atoms with E-state index in [-0.39, 0.29) is 28.7 Å². The first-order valence-electron chi connectivity index (χ1n) is 7.95. The van der Waals surface area contributed by atoms with Crippen LogP contribution in [-0.4, -0.2) is 29.3 Å². The van der Waals surface area contributed by atoms with E-state index in [1.165, 1.54) is 18.2 Å². The molecule has 4 unspecified atom stereocenters. The van der Waals surface area contributed by atoms with Gasteiger partial charge in [0.2, 0.25) is 5.91 Å². The van der Waals surface area contributed by atoms with Crippen molar-refractivity contribution < 1.29 is 19.0 Å². The molecule has 0 bridgehead atoms. The van der Waals surface area contributed by atoms with E-state index in [1.54, 1.807) is 6.92 Å². The van der Waals surface area contributed by atoms with Crippen LogP contribution < -0.4 is 5.32 Å². The second kappa shape index (κ2) is 8.08. The number of aliphatic hydroxyl groups excluding tert-OH is 1. The molecule has 4 nitrogen and oxygen atoms in total. The van der Waals surface area contributed by atoms with Crippen molar-refractivity contribution >= 4 is 17.5 Å². The third kappa shape index (κ3) is 4.90. The molecule has 1 heterocycles. The average molecular weight is 344 g/mol. The van der Waals surface area contributed by atoms with Gasteiger partial charge in [-0.15, -0.1) is 0 Å². The van der Waals surface area contributed by atoms with E-state index in [2.05, 4.69) is 5.32 Å². The molecular weight excluding hydrogens is 321 g/mol. The Kier molecular flexibility index (Phi) is 6.39. The van der Waals surface area contributed by atoms with Crippen molar-refractivity contribution in [3.63, 3.8) is 0 Å². The Balaban J connectivity index is 1.85. The molecule has 2 rings (SSSR count). The highest BCUT2D eigenvalue weighted by Gasteiger charge is 2.25. The van der Waals surface area contributed by atoms with Crippen molar-refractivity contribution in [2.24, 2.45) is 0 Å². The van der Waals surface area contributed by atoms with Crippen molar-refractivity contribution in [3.8, 4) is 0 Å². The smallest absolute Gasteiger partial charge is 0.220 e. The van der Waals surface area contributed by atoms with Crippen molar-refractivity contribution in [2.45, 2.75) is 63.9 Å². The van der Waals surface area contributed by atoms with E-state index in [0.717, 1.165) is 12.8 Å². The molecular formula is C17H23ClFNO3. The zero-order valence-corrected chi connectivity index (χ0v) is 14.1. The molecule has 4 atom stereocenters. The first kappa shape index (κ1) is 18.2. The van der Waals surface area contributed by atoms with Crippen LogP contribution in [0, 0.1) is 5.82 Å². The highest BCUT2D eigenvalue weighted by atomic mass is 35.5. The van der Waals surface area contributed by atoms with E-state index in [1.807, 2.05) is 6.92 Å². The Labute approximate surface area is 141 Å². The molecule has 2 N–H and O–H groups in total. The molecule has 0 aliphatic carbocycles. The third-order valence-electron chi connectivity index (χ3n) is 4.17. The van der Waals surface area contributed by atoms with Gasteiger partial charge in [-0.2, -0.15) is 0 Å². The quantitative estimate of drug-likeness (QED) is 0.832. The van der Waals surface area contributed by atoms with E-state index in [9.17, 15) is 14.3 Å². The molecule has 0 spiro atoms. The number of rotatable bonds is 6. The van der Waals surface area contributed by atoms with Crippen LogP contribution in [-0.2, 0) is 9.53 Å². The Morgan fingerprint density at radius 1 is 1.52 bits per heavy atom. The molecule has 1 aromatic rings. The number of amides is 1. The molecule has 0 radical (unpaired) electrons. The van der Waals surface area contributed by atoms with Gasteiger partial charge < -0.3 is 15.2 Å². The van der Waals surface area contributed by atoms with E-state index >= 15 is 0 Å². The van der Waals surface area contributed by atoms with Crippen LogP contribution in [0.1, 0.15) is 51.2 Å². The summed E-state index contributed by atoms with van der Waals surface area (Å²) in [6.45, 7) is 3.65. The predicted molar refractivity (Wildman–Crippen MR) is 86.8 cm³/mol. The van der Waals surface area contributed by atoms with Crippen molar-refractivity contribution in [1.29, 1.82) is 0 Å². The summed E-state index contributed by atoms with van der Waals surface area (Å²) in [6, 6.07) is 3.58. The number of hydrogen-bond donors (Lipinski definition) is 2. The maximum absolute atomic E-state index is 13.8. The fraction of sp³-hybridized carbons (Fsp3) is 0.588. The second-order valence-electron chi connectivity index (χ2n) is 6.12. The van der Waals surface area contributed by atoms with Crippen LogP contribution in [0.2, 0.25) is 5.02 Å². The van der Waals surface area contributed by atoms with Gasteiger partial charge in [0.05, 0.1) is 18.2 Å². The lowest BCUT2D eigenvalue weighted by molar-refractivity contribution is -0.123. The first-order valence-corrected chi connectivity index (χ1v) is 8.33. The summed E-state index contributed by atoms with van der Waals surface area (Å²) >= 11 is 5.94. The number of hydrogen-bond acceptors (Lipinski definition) is 3. The van der Waals surface area contributed by atoms with Gasteiger partial charge in [0, 0.05) is 17.0 Å². The van der Waals surface area contributed by atoms with Gasteiger partial charge in [0.1, 0.15) is 11.9 Å². The Hall–Kier alpha value is -1.17. The normalized spacial score (nSPS) is 23.5. The summed E-state index contributed by atoms with van der Waals surface area (Å²) in [5.74, 6) is -0.772. The summed E-state index contributed by atoms with van der Waals surface area (Å²) < 4.78 is 19.5. The molecule has 0 aromatic heterocycles. The minimum absolute atomic E-state index is 0.00918. The van der Waals surface area contributed by atoms with Crippen LogP contribution in [0.4, 0.5) is 4.39 Å². The fourth-order valence-electron chi connectivity index (χ4n) is 2.84. The molecule has 1 fully saturated rings. The van der Waals surface area contributed by atoms with Gasteiger partial charge >= 0.3 is 0 Å². The number of ether oxygens (including phenoxy) is 1. The highest BCUT2D eigenvalue weighted by molar-refractivity contribution is 6.31. The second-order valence-corrected chi connectivity index (χ2v) is 6.53. The lowest BCUT2D eigenvalue weighted by Gasteiger charge is -2.22. The number of benzene rings is 1. The summed E-state index contributed by atoms with van der Waals surface area (Å²) in [7, 11) is 0. The lowest BCUT2D eigenvalue weighted by atomic mass is 10.0. The number of carbonyl (C=O) groups is 1. The molecule has 23 heavy (non-hydrogen) atoms. The van der Waals surface area contributed by atoms with Gasteiger partial charge in [0.15, 0.2) is 0 Å². The van der Waals surface area contributed by atoms with Gasteiger partial charge in [-0.1, -0.05) is 17.7 Å². The minimum Gasteiger partial charge on any atom is -0.386 e. The highest BCUT2D eigenvalue weighted by Crippen LogP contribution is 2.28. The zero-order valence-electron chi connectivity index (χ0n) is 13.4. The lowest BCUT2D eigenvalue weighted by Crippen LogP contribution is -2.37. The largest absolute Gasteiger partial charge is 0.386 e. The monoisotopic (exact) mass is 343 g/mol. The van der Waals surface area contributed by atoms with Crippen molar-refractivity contribution in [1.82, 2.24) is 5.32 Å². The van der Waals surface area contributed by atoms with E-state index < -0.39 is 18.0 Å². The molecule has 6 heteroatoms. The van der Waals surface area contributed by atoms with Gasteiger partial charge in [-0.3, -0.25) is 4.79 Å². The zero-order chi connectivity index (χ0) is 17.0. The van der Waals surface area contributed by atoms with Crippen LogP contribution in [0.5, 0.6) is 0 Å². The molecule has 128 valence electrons. The van der Waals surface area contributed by atoms with Crippen molar-refractivity contribution in [2.75, 3.05) is 0 Å². The Morgan fingerprint density at radius 3 is 2.87 bits per heavy atom. The number of aliphatic hydroxyl groups is 1. The standard InChI is InChI=1S/C17H23ClFNO3/c1-10-6-7-12(23-10)8-9-15(21)20-11(2)17(22)16-13(18)4-3-5-14(16)19/h3-5,10-12,17,22H,6-9H2,1-2H3,(H,20,21). The summed E-state index contributed by atoms with van der Waals surface area (Å²) in [5, 5.41) is 13.1. The molecule has 1 saturated heterocycles. The maximum Gasteiger partial charge on any atom is 0.220 e. The van der Waals surface area contributed by atoms with Crippen LogP contribution in [0.25, 0.3) is 0 Å². The van der Waals surface area contributed by atoms with Gasteiger partial charge in [-0.05, 0) is 45.2 Å². The maximum atomic E-state index is 13.8. The van der Waals surface area contributed by atoms with Crippen LogP contribution in [0.15, 0.2) is 18.2 Å². The first-order chi connectivity index (χ1) is 10.9. The van der Waals surface area contributed by atoms with E-state index in [0.29, 0.717) is 12.8 Å². The number of carbonyl (C=O) groups excluding carboxylic acids is 1. The molecule has 1 aliphatic heterocycles. The van der Waals surface area contributed by atoms with Crippen LogP contribution >= 0.6 is 11.6 Å². The molecule has 1 aromatic carbocycles. The van der Waals surface area contributed by atoms with E-state index in [4.69, 9.17) is 16.3 Å². The topological polar surface area (TPSA) is 58.6 Å². The van der Waals surface area contributed by atoms with Crippen molar-refractivity contribution in [3.05, 3.63) is 34.6 Å². The minimum atomic E-state index is -1.20. The molecule has 1 amide bonds. The number of nitrogens with one attached hydrogen (secondary N) is 1.